The van der Waals surface area contributed by atoms with Gasteiger partial charge in [-0.15, -0.1) is 0 Å². The molecule has 0 N–H and O–H groups in total. The van der Waals surface area contributed by atoms with Crippen molar-refractivity contribution in [3.8, 4) is 6.07 Å². The van der Waals surface area contributed by atoms with Crippen molar-refractivity contribution in [1.29, 1.82) is 5.26 Å². The smallest absolute Gasteiger partial charge is 0.0669 e. The summed E-state index contributed by atoms with van der Waals surface area (Å²) in [4.78, 5) is 4.88. The van der Waals surface area contributed by atoms with Crippen LogP contribution >= 0.6 is 0 Å². The molecule has 15 heavy (non-hydrogen) atoms. The van der Waals surface area contributed by atoms with E-state index in [1.165, 1.54) is 13.0 Å². The second-order valence-corrected chi connectivity index (χ2v) is 4.30. The van der Waals surface area contributed by atoms with Gasteiger partial charge >= 0.3 is 0 Å². The molecule has 1 aliphatic heterocycles. The maximum atomic E-state index is 8.89. The molecule has 1 atom stereocenters. The lowest BCUT2D eigenvalue weighted by Gasteiger charge is -2.31. The Labute approximate surface area is 93.7 Å². The number of likely N-dealkylation sites (N-methyl/N-ethyl adjacent to an activating group) is 1. The zero-order chi connectivity index (χ0) is 11.1. The summed E-state index contributed by atoms with van der Waals surface area (Å²) in [5, 5.41) is 8.89. The monoisotopic (exact) mass is 209 g/mol. The molecule has 0 saturated carbocycles. The standard InChI is InChI=1S/C12H23N3/c1-3-14(4-2)8-9-15-7-5-6-12(10-13)11-15/h12H,3-9,11H2,1-2H3. The van der Waals surface area contributed by atoms with Crippen LogP contribution in [0.2, 0.25) is 0 Å². The van der Waals surface area contributed by atoms with Crippen LogP contribution in [0.5, 0.6) is 0 Å². The summed E-state index contributed by atoms with van der Waals surface area (Å²) in [5.74, 6) is 0.274. The molecule has 0 aromatic rings. The third kappa shape index (κ3) is 4.19. The molecule has 3 heteroatoms. The van der Waals surface area contributed by atoms with Crippen molar-refractivity contribution in [2.45, 2.75) is 26.7 Å². The van der Waals surface area contributed by atoms with Crippen molar-refractivity contribution in [2.24, 2.45) is 5.92 Å². The van der Waals surface area contributed by atoms with Gasteiger partial charge in [0, 0.05) is 19.6 Å². The Morgan fingerprint density at radius 3 is 2.73 bits per heavy atom. The fourth-order valence-corrected chi connectivity index (χ4v) is 2.19. The Morgan fingerprint density at radius 1 is 1.40 bits per heavy atom. The van der Waals surface area contributed by atoms with E-state index in [1.54, 1.807) is 0 Å². The van der Waals surface area contributed by atoms with Crippen LogP contribution in [0, 0.1) is 17.2 Å². The van der Waals surface area contributed by atoms with E-state index in [1.807, 2.05) is 0 Å². The third-order valence-corrected chi connectivity index (χ3v) is 3.31. The molecule has 1 aliphatic rings. The molecular weight excluding hydrogens is 186 g/mol. The predicted molar refractivity (Wildman–Crippen MR) is 62.6 cm³/mol. The van der Waals surface area contributed by atoms with Crippen LogP contribution in [0.4, 0.5) is 0 Å². The van der Waals surface area contributed by atoms with Gasteiger partial charge in [0.1, 0.15) is 0 Å². The lowest BCUT2D eigenvalue weighted by atomic mass is 10.00. The minimum Gasteiger partial charge on any atom is -0.303 e. The fraction of sp³-hybridized carbons (Fsp3) is 0.917. The maximum Gasteiger partial charge on any atom is 0.0669 e. The molecule has 1 fully saturated rings. The highest BCUT2D eigenvalue weighted by Gasteiger charge is 2.19. The first-order valence-corrected chi connectivity index (χ1v) is 6.14. The van der Waals surface area contributed by atoms with Gasteiger partial charge in [0.05, 0.1) is 12.0 Å². The highest BCUT2D eigenvalue weighted by molar-refractivity contribution is 4.88. The summed E-state index contributed by atoms with van der Waals surface area (Å²) in [7, 11) is 0. The molecule has 0 bridgehead atoms. The van der Waals surface area contributed by atoms with Crippen LogP contribution in [0.15, 0.2) is 0 Å². The van der Waals surface area contributed by atoms with Gasteiger partial charge in [-0.3, -0.25) is 0 Å². The lowest BCUT2D eigenvalue weighted by molar-refractivity contribution is 0.170. The van der Waals surface area contributed by atoms with Crippen LogP contribution in [0.3, 0.4) is 0 Å². The van der Waals surface area contributed by atoms with Gasteiger partial charge in [-0.25, -0.2) is 0 Å². The summed E-state index contributed by atoms with van der Waals surface area (Å²) in [6, 6.07) is 2.39. The van der Waals surface area contributed by atoms with Crippen LogP contribution in [0.25, 0.3) is 0 Å². The van der Waals surface area contributed by atoms with Gasteiger partial charge in [-0.05, 0) is 32.5 Å². The number of hydrogen-bond acceptors (Lipinski definition) is 3. The Hall–Kier alpha value is -0.590. The number of rotatable bonds is 5. The molecule has 1 saturated heterocycles. The quantitative estimate of drug-likeness (QED) is 0.688. The minimum absolute atomic E-state index is 0.274. The molecule has 0 aromatic carbocycles. The van der Waals surface area contributed by atoms with E-state index < -0.39 is 0 Å². The molecule has 1 unspecified atom stereocenters. The molecule has 0 aliphatic carbocycles. The zero-order valence-corrected chi connectivity index (χ0v) is 10.1. The van der Waals surface area contributed by atoms with E-state index in [-0.39, 0.29) is 5.92 Å². The lowest BCUT2D eigenvalue weighted by Crippen LogP contribution is -2.40. The van der Waals surface area contributed by atoms with Crippen LogP contribution in [0.1, 0.15) is 26.7 Å². The second kappa shape index (κ2) is 6.81. The topological polar surface area (TPSA) is 30.3 Å². The first kappa shape index (κ1) is 12.5. The van der Waals surface area contributed by atoms with Crippen molar-refractivity contribution < 1.29 is 0 Å². The van der Waals surface area contributed by atoms with Crippen molar-refractivity contribution in [2.75, 3.05) is 39.3 Å². The van der Waals surface area contributed by atoms with E-state index >= 15 is 0 Å². The van der Waals surface area contributed by atoms with Gasteiger partial charge in [0.15, 0.2) is 0 Å². The Kier molecular flexibility index (Phi) is 5.67. The molecule has 0 spiro atoms. The van der Waals surface area contributed by atoms with Crippen LogP contribution < -0.4 is 0 Å². The van der Waals surface area contributed by atoms with Gasteiger partial charge in [0.2, 0.25) is 0 Å². The van der Waals surface area contributed by atoms with Crippen LogP contribution in [-0.4, -0.2) is 49.1 Å². The SMILES string of the molecule is CCN(CC)CCN1CCCC(C#N)C1. The highest BCUT2D eigenvalue weighted by atomic mass is 15.2. The predicted octanol–water partition coefficient (Wildman–Crippen LogP) is 1.56. The highest BCUT2D eigenvalue weighted by Crippen LogP contribution is 2.14. The molecule has 86 valence electrons. The maximum absolute atomic E-state index is 8.89. The molecule has 0 aromatic heterocycles. The van der Waals surface area contributed by atoms with Crippen molar-refractivity contribution in [1.82, 2.24) is 9.80 Å². The summed E-state index contributed by atoms with van der Waals surface area (Å²) < 4.78 is 0. The molecule has 3 nitrogen and oxygen atoms in total. The van der Waals surface area contributed by atoms with Gasteiger partial charge in [0.25, 0.3) is 0 Å². The summed E-state index contributed by atoms with van der Waals surface area (Å²) in [6.45, 7) is 11.1. The van der Waals surface area contributed by atoms with Crippen molar-refractivity contribution in [3.05, 3.63) is 0 Å². The van der Waals surface area contributed by atoms with E-state index in [9.17, 15) is 0 Å². The Bertz CT molecular complexity index is 205. The molecule has 1 rings (SSSR count). The van der Waals surface area contributed by atoms with Gasteiger partial charge in [-0.1, -0.05) is 13.8 Å². The van der Waals surface area contributed by atoms with E-state index in [2.05, 4.69) is 29.7 Å². The van der Waals surface area contributed by atoms with Crippen LogP contribution in [-0.2, 0) is 0 Å². The Morgan fingerprint density at radius 2 is 2.13 bits per heavy atom. The summed E-state index contributed by atoms with van der Waals surface area (Å²) in [6.07, 6.45) is 2.29. The first-order chi connectivity index (χ1) is 7.30. The molecule has 1 heterocycles. The van der Waals surface area contributed by atoms with E-state index in [0.717, 1.165) is 39.1 Å². The van der Waals surface area contributed by atoms with Crippen molar-refractivity contribution >= 4 is 0 Å². The summed E-state index contributed by atoms with van der Waals surface area (Å²) >= 11 is 0. The summed E-state index contributed by atoms with van der Waals surface area (Å²) in [5.41, 5.74) is 0. The second-order valence-electron chi connectivity index (χ2n) is 4.30. The third-order valence-electron chi connectivity index (χ3n) is 3.31. The van der Waals surface area contributed by atoms with E-state index in [4.69, 9.17) is 5.26 Å². The van der Waals surface area contributed by atoms with Gasteiger partial charge in [-0.2, -0.15) is 5.26 Å². The minimum atomic E-state index is 0.274. The number of piperidine rings is 1. The number of nitrogens with zero attached hydrogens (tertiary/aromatic N) is 3. The average Bonchev–Trinajstić information content (AvgIpc) is 2.31. The fourth-order valence-electron chi connectivity index (χ4n) is 2.19. The average molecular weight is 209 g/mol. The molecule has 0 amide bonds. The Balaban J connectivity index is 2.23. The largest absolute Gasteiger partial charge is 0.303 e. The molecular formula is C12H23N3. The van der Waals surface area contributed by atoms with E-state index in [0.29, 0.717) is 0 Å². The number of likely N-dealkylation sites (tertiary alicyclic amines) is 1. The van der Waals surface area contributed by atoms with Gasteiger partial charge < -0.3 is 9.80 Å². The number of nitriles is 1. The first-order valence-electron chi connectivity index (χ1n) is 6.14. The number of hydrogen-bond donors (Lipinski definition) is 0. The zero-order valence-electron chi connectivity index (χ0n) is 10.1. The van der Waals surface area contributed by atoms with Crippen molar-refractivity contribution in [3.63, 3.8) is 0 Å². The normalized spacial score (nSPS) is 22.9. The molecule has 0 radical (unpaired) electrons.